The van der Waals surface area contributed by atoms with Crippen molar-refractivity contribution < 1.29 is 4.79 Å². The Kier molecular flexibility index (Phi) is 4.16. The second kappa shape index (κ2) is 5.84. The molecular weight excluding hydrogens is 258 g/mol. The van der Waals surface area contributed by atoms with Gasteiger partial charge in [0.1, 0.15) is 0 Å². The first kappa shape index (κ1) is 13.5. The number of nitrogens with zero attached hydrogens (tertiary/aromatic N) is 1. The van der Waals surface area contributed by atoms with Gasteiger partial charge in [-0.2, -0.15) is 0 Å². The third-order valence-corrected chi connectivity index (χ3v) is 3.85. The molecule has 1 atom stereocenters. The molecule has 0 aliphatic heterocycles. The number of hydrogen-bond acceptors (Lipinski definition) is 4. The molecule has 0 aliphatic carbocycles. The van der Waals surface area contributed by atoms with Gasteiger partial charge >= 0.3 is 0 Å². The van der Waals surface area contributed by atoms with Crippen LogP contribution in [0, 0.1) is 5.92 Å². The van der Waals surface area contributed by atoms with Crippen LogP contribution in [0.2, 0.25) is 0 Å². The summed E-state index contributed by atoms with van der Waals surface area (Å²) < 4.78 is 0. The summed E-state index contributed by atoms with van der Waals surface area (Å²) in [4.78, 5) is 17.3. The Morgan fingerprint density at radius 3 is 2.79 bits per heavy atom. The van der Waals surface area contributed by atoms with E-state index < -0.39 is 0 Å². The van der Waals surface area contributed by atoms with E-state index in [4.69, 9.17) is 5.73 Å². The van der Waals surface area contributed by atoms with Crippen LogP contribution in [-0.4, -0.2) is 10.9 Å². The Labute approximate surface area is 116 Å². The van der Waals surface area contributed by atoms with E-state index in [0.717, 1.165) is 4.88 Å². The largest absolute Gasteiger partial charge is 0.397 e. The molecule has 0 spiro atoms. The van der Waals surface area contributed by atoms with Crippen LogP contribution in [0.25, 0.3) is 0 Å². The van der Waals surface area contributed by atoms with Crippen molar-refractivity contribution in [2.45, 2.75) is 19.9 Å². The van der Waals surface area contributed by atoms with Gasteiger partial charge in [-0.1, -0.05) is 19.9 Å². The quantitative estimate of drug-likeness (QED) is 0.901. The lowest BCUT2D eigenvalue weighted by Gasteiger charge is -2.21. The van der Waals surface area contributed by atoms with Crippen LogP contribution in [0.15, 0.2) is 36.0 Å². The van der Waals surface area contributed by atoms with Crippen LogP contribution >= 0.6 is 11.3 Å². The molecule has 0 aromatic carbocycles. The minimum Gasteiger partial charge on any atom is -0.397 e. The van der Waals surface area contributed by atoms with Crippen LogP contribution in [0.4, 0.5) is 5.69 Å². The molecule has 5 heteroatoms. The highest BCUT2D eigenvalue weighted by molar-refractivity contribution is 7.10. The molecule has 0 aliphatic rings. The summed E-state index contributed by atoms with van der Waals surface area (Å²) in [5, 5.41) is 5.05. The maximum absolute atomic E-state index is 12.3. The molecule has 2 aromatic heterocycles. The molecular formula is C14H17N3OS. The zero-order chi connectivity index (χ0) is 13.8. The van der Waals surface area contributed by atoms with Crippen molar-refractivity contribution in [3.05, 3.63) is 46.4 Å². The number of rotatable bonds is 4. The van der Waals surface area contributed by atoms with Crippen molar-refractivity contribution in [2.75, 3.05) is 5.73 Å². The van der Waals surface area contributed by atoms with Crippen molar-refractivity contribution in [1.82, 2.24) is 10.3 Å². The first-order valence-electron chi connectivity index (χ1n) is 6.13. The first-order chi connectivity index (χ1) is 9.09. The van der Waals surface area contributed by atoms with Crippen molar-refractivity contribution in [3.8, 4) is 0 Å². The molecule has 1 amide bonds. The lowest BCUT2D eigenvalue weighted by Crippen LogP contribution is -2.31. The monoisotopic (exact) mass is 275 g/mol. The number of thiophene rings is 1. The summed E-state index contributed by atoms with van der Waals surface area (Å²) in [6.45, 7) is 4.17. The average molecular weight is 275 g/mol. The molecule has 4 nitrogen and oxygen atoms in total. The van der Waals surface area contributed by atoms with Crippen LogP contribution in [-0.2, 0) is 0 Å². The fourth-order valence-corrected chi connectivity index (χ4v) is 2.82. The lowest BCUT2D eigenvalue weighted by molar-refractivity contribution is 0.0927. The highest BCUT2D eigenvalue weighted by atomic mass is 32.1. The maximum atomic E-state index is 12.3. The smallest absolute Gasteiger partial charge is 0.254 e. The van der Waals surface area contributed by atoms with Crippen LogP contribution in [0.5, 0.6) is 0 Å². The number of pyridine rings is 1. The van der Waals surface area contributed by atoms with E-state index in [1.54, 1.807) is 23.6 Å². The molecule has 0 radical (unpaired) electrons. The van der Waals surface area contributed by atoms with Crippen LogP contribution in [0.1, 0.15) is 35.1 Å². The van der Waals surface area contributed by atoms with Crippen molar-refractivity contribution in [1.29, 1.82) is 0 Å². The fourth-order valence-electron chi connectivity index (χ4n) is 1.87. The fraction of sp³-hybridized carbons (Fsp3) is 0.286. The Hall–Kier alpha value is -1.88. The van der Waals surface area contributed by atoms with Gasteiger partial charge < -0.3 is 11.1 Å². The Balaban J connectivity index is 2.19. The number of nitrogens with two attached hydrogens (primary N) is 1. The molecule has 19 heavy (non-hydrogen) atoms. The first-order valence-corrected chi connectivity index (χ1v) is 7.01. The molecule has 1 unspecified atom stereocenters. The molecule has 2 heterocycles. The van der Waals surface area contributed by atoms with Crippen molar-refractivity contribution >= 4 is 22.9 Å². The number of anilines is 1. The zero-order valence-electron chi connectivity index (χ0n) is 11.0. The van der Waals surface area contributed by atoms with E-state index in [0.29, 0.717) is 17.2 Å². The van der Waals surface area contributed by atoms with E-state index in [-0.39, 0.29) is 11.9 Å². The van der Waals surface area contributed by atoms with Gasteiger partial charge in [0.05, 0.1) is 23.5 Å². The predicted molar refractivity (Wildman–Crippen MR) is 78.0 cm³/mol. The summed E-state index contributed by atoms with van der Waals surface area (Å²) in [6.07, 6.45) is 3.06. The number of aromatic nitrogens is 1. The normalized spacial score (nSPS) is 12.4. The molecule has 3 N–H and O–H groups in total. The number of nitrogen functional groups attached to an aromatic ring is 1. The van der Waals surface area contributed by atoms with E-state index in [1.807, 2.05) is 17.5 Å². The molecule has 0 saturated heterocycles. The Morgan fingerprint density at radius 2 is 2.21 bits per heavy atom. The molecule has 2 rings (SSSR count). The van der Waals surface area contributed by atoms with E-state index in [1.165, 1.54) is 6.20 Å². The van der Waals surface area contributed by atoms with Gasteiger partial charge in [-0.25, -0.2) is 0 Å². The van der Waals surface area contributed by atoms with Crippen molar-refractivity contribution in [2.24, 2.45) is 5.92 Å². The van der Waals surface area contributed by atoms with Crippen LogP contribution < -0.4 is 11.1 Å². The van der Waals surface area contributed by atoms with Gasteiger partial charge in [-0.05, 0) is 23.4 Å². The van der Waals surface area contributed by atoms with Gasteiger partial charge in [0, 0.05) is 11.1 Å². The molecule has 0 saturated carbocycles. The van der Waals surface area contributed by atoms with Gasteiger partial charge in [-0.15, -0.1) is 11.3 Å². The third kappa shape index (κ3) is 3.12. The van der Waals surface area contributed by atoms with E-state index >= 15 is 0 Å². The summed E-state index contributed by atoms with van der Waals surface area (Å²) in [7, 11) is 0. The second-order valence-corrected chi connectivity index (χ2v) is 5.65. The Morgan fingerprint density at radius 1 is 1.42 bits per heavy atom. The standard InChI is InChI=1S/C14H17N3OS/c1-9(2)13(12-4-3-7-19-12)17-14(18)10-5-6-16-8-11(10)15/h3-9,13H,15H2,1-2H3,(H,17,18). The number of carbonyl (C=O) groups is 1. The molecule has 0 fully saturated rings. The second-order valence-electron chi connectivity index (χ2n) is 4.67. The van der Waals surface area contributed by atoms with E-state index in [9.17, 15) is 4.79 Å². The molecule has 100 valence electrons. The number of nitrogens with one attached hydrogen (secondary N) is 1. The summed E-state index contributed by atoms with van der Waals surface area (Å²) in [5.74, 6) is 0.151. The zero-order valence-corrected chi connectivity index (χ0v) is 11.8. The summed E-state index contributed by atoms with van der Waals surface area (Å²) >= 11 is 1.64. The van der Waals surface area contributed by atoms with Gasteiger partial charge in [0.25, 0.3) is 5.91 Å². The number of hydrogen-bond donors (Lipinski definition) is 2. The minimum absolute atomic E-state index is 0.0000605. The number of amides is 1. The molecule has 2 aromatic rings. The third-order valence-electron chi connectivity index (χ3n) is 2.90. The van der Waals surface area contributed by atoms with E-state index in [2.05, 4.69) is 24.1 Å². The predicted octanol–water partition coefficient (Wildman–Crippen LogP) is 2.85. The van der Waals surface area contributed by atoms with Crippen molar-refractivity contribution in [3.63, 3.8) is 0 Å². The lowest BCUT2D eigenvalue weighted by atomic mass is 10.0. The highest BCUT2D eigenvalue weighted by Gasteiger charge is 2.20. The average Bonchev–Trinajstić information content (AvgIpc) is 2.89. The SMILES string of the molecule is CC(C)C(NC(=O)c1ccncc1N)c1cccs1. The topological polar surface area (TPSA) is 68.0 Å². The Bertz CT molecular complexity index is 552. The van der Waals surface area contributed by atoms with Gasteiger partial charge in [0.15, 0.2) is 0 Å². The van der Waals surface area contributed by atoms with Gasteiger partial charge in [0.2, 0.25) is 0 Å². The van der Waals surface area contributed by atoms with Crippen LogP contribution in [0.3, 0.4) is 0 Å². The summed E-state index contributed by atoms with van der Waals surface area (Å²) in [6, 6.07) is 5.66. The minimum atomic E-state index is -0.160. The highest BCUT2D eigenvalue weighted by Crippen LogP contribution is 2.26. The maximum Gasteiger partial charge on any atom is 0.254 e. The number of carbonyl (C=O) groups excluding carboxylic acids is 1. The molecule has 0 bridgehead atoms. The van der Waals surface area contributed by atoms with Gasteiger partial charge in [-0.3, -0.25) is 9.78 Å². The summed E-state index contributed by atoms with van der Waals surface area (Å²) in [5.41, 5.74) is 6.64.